The molecule has 1 rings (SSSR count). The molecule has 0 aromatic heterocycles. The molecule has 0 spiro atoms. The molecule has 0 aliphatic heterocycles. The largest absolute Gasteiger partial charge is 0.281 e. The molecule has 0 unspecified atom stereocenters. The van der Waals surface area contributed by atoms with Gasteiger partial charge in [-0.25, -0.2) is 21.6 Å². The third kappa shape index (κ3) is 3.66. The van der Waals surface area contributed by atoms with Crippen LogP contribution in [0.1, 0.15) is 0 Å². The van der Waals surface area contributed by atoms with E-state index in [1.807, 2.05) is 0 Å². The van der Waals surface area contributed by atoms with E-state index in [-0.39, 0.29) is 15.2 Å². The molecule has 0 saturated heterocycles. The fourth-order valence-corrected chi connectivity index (χ4v) is 2.95. The van der Waals surface area contributed by atoms with Gasteiger partial charge in [0.15, 0.2) is 0 Å². The fourth-order valence-electron chi connectivity index (χ4n) is 1.09. The average molecular weight is 343 g/mol. The molecule has 0 heterocycles. The van der Waals surface area contributed by atoms with E-state index in [0.717, 1.165) is 0 Å². The lowest BCUT2D eigenvalue weighted by Crippen LogP contribution is -2.22. The van der Waals surface area contributed by atoms with E-state index in [1.54, 1.807) is 6.07 Å². The highest BCUT2D eigenvalue weighted by Gasteiger charge is 2.18. The van der Waals surface area contributed by atoms with Crippen molar-refractivity contribution in [1.82, 2.24) is 4.72 Å². The Morgan fingerprint density at radius 2 is 1.76 bits per heavy atom. The Morgan fingerprint density at radius 3 is 2.29 bits per heavy atom. The summed E-state index contributed by atoms with van der Waals surface area (Å²) in [7, 11) is -6.04. The molecule has 0 radical (unpaired) electrons. The second-order valence-electron chi connectivity index (χ2n) is 3.03. The van der Waals surface area contributed by atoms with Crippen LogP contribution in [-0.2, 0) is 20.0 Å². The van der Waals surface area contributed by atoms with Gasteiger partial charge in [0.05, 0.1) is 5.69 Å². The van der Waals surface area contributed by atoms with Crippen molar-refractivity contribution in [3.63, 3.8) is 0 Å². The lowest BCUT2D eigenvalue weighted by Gasteiger charge is -2.10. The van der Waals surface area contributed by atoms with Crippen molar-refractivity contribution >= 4 is 41.7 Å². The van der Waals surface area contributed by atoms with Crippen molar-refractivity contribution < 1.29 is 16.8 Å². The minimum absolute atomic E-state index is 0.0151. The zero-order chi connectivity index (χ0) is 13.1. The molecule has 17 heavy (non-hydrogen) atoms. The molecule has 1 aromatic carbocycles. The van der Waals surface area contributed by atoms with Crippen LogP contribution in [0.15, 0.2) is 29.2 Å². The summed E-state index contributed by atoms with van der Waals surface area (Å²) in [4.78, 5) is -0.118. The van der Waals surface area contributed by atoms with Gasteiger partial charge < -0.3 is 0 Å². The number of nitrogens with one attached hydrogen (secondary N) is 2. The summed E-state index contributed by atoms with van der Waals surface area (Å²) >= 11 is 2.80. The molecule has 96 valence electrons. The van der Waals surface area contributed by atoms with Crippen LogP contribution in [-0.4, -0.2) is 28.5 Å². The third-order valence-corrected chi connectivity index (χ3v) is 5.95. The quantitative estimate of drug-likeness (QED) is 0.770. The Balaban J connectivity index is 3.28. The summed E-state index contributed by atoms with van der Waals surface area (Å²) in [6, 6.07) is 5.75. The van der Waals surface area contributed by atoms with Gasteiger partial charge in [-0.2, -0.15) is 0 Å². The van der Waals surface area contributed by atoms with Crippen LogP contribution in [0.4, 0.5) is 5.69 Å². The second kappa shape index (κ2) is 5.34. The number of anilines is 1. The topological polar surface area (TPSA) is 92.3 Å². The molecule has 0 aliphatic rings. The molecule has 9 heteroatoms. The molecule has 0 aliphatic carbocycles. The standard InChI is InChI=1S/C8H11BrN2O4S2/c1-10-17(14,15)8-5-3-2-4-7(8)11-16(12,13)6-9/h2-5,10-11H,6H2,1H3. The van der Waals surface area contributed by atoms with Crippen LogP contribution in [0.2, 0.25) is 0 Å². The molecular weight excluding hydrogens is 332 g/mol. The van der Waals surface area contributed by atoms with Crippen molar-refractivity contribution in [3.05, 3.63) is 24.3 Å². The zero-order valence-corrected chi connectivity index (χ0v) is 12.1. The van der Waals surface area contributed by atoms with Crippen molar-refractivity contribution in [2.24, 2.45) is 0 Å². The first-order valence-electron chi connectivity index (χ1n) is 4.41. The molecular formula is C8H11BrN2O4S2. The summed E-state index contributed by atoms with van der Waals surface area (Å²) in [5.41, 5.74) is 0.0151. The Morgan fingerprint density at radius 1 is 1.18 bits per heavy atom. The SMILES string of the molecule is CNS(=O)(=O)c1ccccc1NS(=O)(=O)CBr. The number of benzene rings is 1. The zero-order valence-electron chi connectivity index (χ0n) is 8.84. The molecule has 0 amide bonds. The summed E-state index contributed by atoms with van der Waals surface area (Å²) in [5.74, 6) is 0. The highest BCUT2D eigenvalue weighted by molar-refractivity contribution is 9.10. The number of alkyl halides is 1. The molecule has 0 saturated carbocycles. The van der Waals surface area contributed by atoms with E-state index >= 15 is 0 Å². The number of para-hydroxylation sites is 1. The van der Waals surface area contributed by atoms with E-state index < -0.39 is 20.0 Å². The second-order valence-corrected chi connectivity index (χ2v) is 7.91. The molecule has 6 nitrogen and oxygen atoms in total. The minimum atomic E-state index is -3.70. The Kier molecular flexibility index (Phi) is 4.53. The molecule has 0 bridgehead atoms. The van der Waals surface area contributed by atoms with Gasteiger partial charge in [0.2, 0.25) is 20.0 Å². The lowest BCUT2D eigenvalue weighted by molar-refractivity contribution is 0.588. The van der Waals surface area contributed by atoms with Crippen LogP contribution >= 0.6 is 15.9 Å². The van der Waals surface area contributed by atoms with Gasteiger partial charge in [-0.15, -0.1) is 0 Å². The van der Waals surface area contributed by atoms with E-state index in [1.165, 1.54) is 25.2 Å². The van der Waals surface area contributed by atoms with E-state index in [4.69, 9.17) is 0 Å². The summed E-state index contributed by atoms with van der Waals surface area (Å²) in [5, 5.41) is 0. The van der Waals surface area contributed by atoms with Gasteiger partial charge in [-0.1, -0.05) is 28.1 Å². The Labute approximate surface area is 109 Å². The lowest BCUT2D eigenvalue weighted by atomic mass is 10.3. The molecule has 0 fully saturated rings. The Hall–Kier alpha value is -0.640. The van der Waals surface area contributed by atoms with Crippen LogP contribution < -0.4 is 9.44 Å². The van der Waals surface area contributed by atoms with Gasteiger partial charge in [0.25, 0.3) is 0 Å². The predicted molar refractivity (Wildman–Crippen MR) is 69.0 cm³/mol. The number of sulfonamides is 2. The van der Waals surface area contributed by atoms with Crippen LogP contribution in [0, 0.1) is 0 Å². The fraction of sp³-hybridized carbons (Fsp3) is 0.250. The molecule has 1 aromatic rings. The summed E-state index contributed by atoms with van der Waals surface area (Å²) in [6.07, 6.45) is 0. The maximum absolute atomic E-state index is 11.6. The maximum Gasteiger partial charge on any atom is 0.242 e. The first-order valence-corrected chi connectivity index (χ1v) is 8.67. The first-order chi connectivity index (χ1) is 7.82. The highest BCUT2D eigenvalue weighted by atomic mass is 79.9. The number of rotatable bonds is 5. The smallest absolute Gasteiger partial charge is 0.242 e. The number of hydrogen-bond acceptors (Lipinski definition) is 4. The van der Waals surface area contributed by atoms with Crippen LogP contribution in [0.25, 0.3) is 0 Å². The van der Waals surface area contributed by atoms with E-state index in [9.17, 15) is 16.8 Å². The number of halogens is 1. The average Bonchev–Trinajstić information content (AvgIpc) is 2.29. The van der Waals surface area contributed by atoms with E-state index in [0.29, 0.717) is 0 Å². The summed E-state index contributed by atoms with van der Waals surface area (Å²) < 4.78 is 50.0. The Bertz CT molecular complexity index is 598. The molecule has 2 N–H and O–H groups in total. The van der Waals surface area contributed by atoms with Crippen molar-refractivity contribution in [3.8, 4) is 0 Å². The number of hydrogen-bond donors (Lipinski definition) is 2. The normalized spacial score (nSPS) is 12.4. The van der Waals surface area contributed by atoms with Crippen molar-refractivity contribution in [1.29, 1.82) is 0 Å². The highest BCUT2D eigenvalue weighted by Crippen LogP contribution is 2.21. The van der Waals surface area contributed by atoms with Gasteiger partial charge in [-0.3, -0.25) is 4.72 Å². The third-order valence-electron chi connectivity index (χ3n) is 1.85. The van der Waals surface area contributed by atoms with Crippen LogP contribution in [0.3, 0.4) is 0 Å². The van der Waals surface area contributed by atoms with E-state index in [2.05, 4.69) is 25.4 Å². The van der Waals surface area contributed by atoms with Crippen molar-refractivity contribution in [2.75, 3.05) is 16.4 Å². The monoisotopic (exact) mass is 342 g/mol. The van der Waals surface area contributed by atoms with Gasteiger partial charge in [-0.05, 0) is 19.2 Å². The van der Waals surface area contributed by atoms with Gasteiger partial charge in [0.1, 0.15) is 9.56 Å². The van der Waals surface area contributed by atoms with Gasteiger partial charge >= 0.3 is 0 Å². The van der Waals surface area contributed by atoms with Crippen LogP contribution in [0.5, 0.6) is 0 Å². The van der Waals surface area contributed by atoms with Gasteiger partial charge in [0, 0.05) is 0 Å². The summed E-state index contributed by atoms with van der Waals surface area (Å²) in [6.45, 7) is 0. The maximum atomic E-state index is 11.6. The first kappa shape index (κ1) is 14.4. The van der Waals surface area contributed by atoms with Crippen molar-refractivity contribution in [2.45, 2.75) is 4.90 Å². The minimum Gasteiger partial charge on any atom is -0.281 e. The molecule has 0 atom stereocenters. The predicted octanol–water partition coefficient (Wildman–Crippen LogP) is 0.689.